The summed E-state index contributed by atoms with van der Waals surface area (Å²) in [6, 6.07) is 0. The molecule has 3 heteroatoms. The topological polar surface area (TPSA) is 12.5 Å². The molecule has 0 aromatic rings. The van der Waals surface area contributed by atoms with E-state index in [2.05, 4.69) is 28.1 Å². The normalized spacial score (nSPS) is 20.0. The van der Waals surface area contributed by atoms with E-state index in [1.54, 1.807) is 0 Å². The number of epoxide rings is 1. The summed E-state index contributed by atoms with van der Waals surface area (Å²) < 4.78 is 6.94. The summed E-state index contributed by atoms with van der Waals surface area (Å²) in [6.45, 7) is 3.60. The number of rotatable bonds is 16. The van der Waals surface area contributed by atoms with Crippen LogP contribution in [0.1, 0.15) is 96.8 Å². The van der Waals surface area contributed by atoms with E-state index >= 15 is 0 Å². The van der Waals surface area contributed by atoms with Gasteiger partial charge in [-0.15, -0.1) is 0 Å². The van der Waals surface area contributed by atoms with Crippen LogP contribution in [-0.4, -0.2) is 44.4 Å². The molecule has 0 aromatic heterocycles. The molecule has 1 aliphatic heterocycles. The van der Waals surface area contributed by atoms with Crippen molar-refractivity contribution in [3.05, 3.63) is 0 Å². The van der Waals surface area contributed by atoms with Gasteiger partial charge in [-0.05, 0) is 25.7 Å². The molecule has 0 amide bonds. The molecule has 1 aliphatic rings. The van der Waals surface area contributed by atoms with Crippen molar-refractivity contribution in [1.82, 2.24) is 0 Å². The summed E-state index contributed by atoms with van der Waals surface area (Å²) in [5, 5.41) is 0. The fourth-order valence-electron chi connectivity index (χ4n) is 3.45. The van der Waals surface area contributed by atoms with Gasteiger partial charge in [-0.2, -0.15) is 0 Å². The van der Waals surface area contributed by atoms with E-state index in [-0.39, 0.29) is 12.4 Å². The molecule has 1 saturated heterocycles. The van der Waals surface area contributed by atoms with Crippen molar-refractivity contribution in [3.8, 4) is 0 Å². The number of halogens is 1. The largest absolute Gasteiger partial charge is 1.00 e. The second kappa shape index (κ2) is 14.4. The highest BCUT2D eigenvalue weighted by molar-refractivity contribution is 4.84. The Labute approximate surface area is 158 Å². The van der Waals surface area contributed by atoms with Crippen LogP contribution >= 0.6 is 0 Å². The molecule has 2 atom stereocenters. The van der Waals surface area contributed by atoms with Crippen LogP contribution in [-0.2, 0) is 4.74 Å². The first-order valence-electron chi connectivity index (χ1n) is 10.5. The van der Waals surface area contributed by atoms with Crippen molar-refractivity contribution in [2.45, 2.75) is 109 Å². The molecule has 2 nitrogen and oxygen atoms in total. The van der Waals surface area contributed by atoms with Crippen LogP contribution in [0.25, 0.3) is 0 Å². The standard InChI is InChI=1S/C21H44NO.ClH/c1-5-6-7-8-11-14-17-20-21(23-20)18-15-12-9-10-13-16-19-22(2,3)4;/h20-21H,5-19H2,1-4H3;1H/q+1;/p-1. The van der Waals surface area contributed by atoms with E-state index in [0.29, 0.717) is 12.2 Å². The summed E-state index contributed by atoms with van der Waals surface area (Å²) in [4.78, 5) is 0. The smallest absolute Gasteiger partial charge is 0.0841 e. The lowest BCUT2D eigenvalue weighted by atomic mass is 10.0. The molecule has 0 aromatic carbocycles. The summed E-state index contributed by atoms with van der Waals surface area (Å²) in [7, 11) is 6.87. The Morgan fingerprint density at radius 2 is 1.04 bits per heavy atom. The molecule has 1 heterocycles. The lowest BCUT2D eigenvalue weighted by Crippen LogP contribution is -3.00. The predicted molar refractivity (Wildman–Crippen MR) is 102 cm³/mol. The van der Waals surface area contributed by atoms with Crippen molar-refractivity contribution in [1.29, 1.82) is 0 Å². The Morgan fingerprint density at radius 3 is 1.50 bits per heavy atom. The maximum absolute atomic E-state index is 5.83. The van der Waals surface area contributed by atoms with Gasteiger partial charge in [0.05, 0.1) is 39.9 Å². The zero-order chi connectivity index (χ0) is 17.0. The zero-order valence-corrected chi connectivity index (χ0v) is 17.8. The third-order valence-corrected chi connectivity index (χ3v) is 5.10. The second-order valence-electron chi connectivity index (χ2n) is 8.69. The first-order chi connectivity index (χ1) is 11.0. The maximum atomic E-state index is 5.83. The summed E-state index contributed by atoms with van der Waals surface area (Å²) in [6.07, 6.45) is 20.8. The Hall–Kier alpha value is 0.210. The minimum atomic E-state index is 0. The molecule has 0 radical (unpaired) electrons. The summed E-state index contributed by atoms with van der Waals surface area (Å²) in [5.74, 6) is 0. The lowest BCUT2D eigenvalue weighted by Gasteiger charge is -2.23. The average Bonchev–Trinajstić information content (AvgIpc) is 3.23. The number of unbranched alkanes of at least 4 members (excludes halogenated alkanes) is 10. The van der Waals surface area contributed by atoms with E-state index < -0.39 is 0 Å². The van der Waals surface area contributed by atoms with Crippen molar-refractivity contribution in [2.75, 3.05) is 27.7 Å². The first-order valence-corrected chi connectivity index (χ1v) is 10.5. The number of quaternary nitrogens is 1. The van der Waals surface area contributed by atoms with Gasteiger partial charge in [-0.3, -0.25) is 0 Å². The number of nitrogens with zero attached hydrogens (tertiary/aromatic N) is 1. The molecule has 24 heavy (non-hydrogen) atoms. The minimum Gasteiger partial charge on any atom is -1.00 e. The van der Waals surface area contributed by atoms with E-state index in [1.165, 1.54) is 96.4 Å². The van der Waals surface area contributed by atoms with Crippen LogP contribution < -0.4 is 12.4 Å². The first kappa shape index (κ1) is 24.2. The number of ether oxygens (including phenoxy) is 1. The molecule has 1 rings (SSSR count). The highest BCUT2D eigenvalue weighted by Crippen LogP contribution is 2.31. The van der Waals surface area contributed by atoms with Crippen molar-refractivity contribution in [2.24, 2.45) is 0 Å². The molecular formula is C21H44ClNO. The SMILES string of the molecule is CCCCCCCCC1OC1CCCCCCCC[N+](C)(C)C.[Cl-]. The zero-order valence-electron chi connectivity index (χ0n) is 17.0. The monoisotopic (exact) mass is 361 g/mol. The van der Waals surface area contributed by atoms with Crippen LogP contribution in [0.2, 0.25) is 0 Å². The quantitative estimate of drug-likeness (QED) is 0.234. The number of hydrogen-bond donors (Lipinski definition) is 0. The Morgan fingerprint density at radius 1 is 0.625 bits per heavy atom. The van der Waals surface area contributed by atoms with Gasteiger partial charge in [-0.1, -0.05) is 71.1 Å². The van der Waals surface area contributed by atoms with Gasteiger partial charge in [0.15, 0.2) is 0 Å². The van der Waals surface area contributed by atoms with E-state index in [9.17, 15) is 0 Å². The van der Waals surface area contributed by atoms with Gasteiger partial charge in [0.2, 0.25) is 0 Å². The third-order valence-electron chi connectivity index (χ3n) is 5.10. The van der Waals surface area contributed by atoms with Gasteiger partial charge >= 0.3 is 0 Å². The molecule has 0 saturated carbocycles. The maximum Gasteiger partial charge on any atom is 0.0841 e. The minimum absolute atomic E-state index is 0. The molecule has 2 unspecified atom stereocenters. The molecule has 0 aliphatic carbocycles. The van der Waals surface area contributed by atoms with Crippen LogP contribution in [0.15, 0.2) is 0 Å². The molecule has 0 spiro atoms. The molecule has 146 valence electrons. The summed E-state index contributed by atoms with van der Waals surface area (Å²) >= 11 is 0. The van der Waals surface area contributed by atoms with Gasteiger partial charge in [0.25, 0.3) is 0 Å². The highest BCUT2D eigenvalue weighted by Gasteiger charge is 2.36. The van der Waals surface area contributed by atoms with E-state index in [4.69, 9.17) is 4.74 Å². The Kier molecular flexibility index (Phi) is 14.5. The molecular weight excluding hydrogens is 318 g/mol. The van der Waals surface area contributed by atoms with Crippen molar-refractivity contribution >= 4 is 0 Å². The average molecular weight is 362 g/mol. The van der Waals surface area contributed by atoms with Crippen molar-refractivity contribution in [3.63, 3.8) is 0 Å². The third kappa shape index (κ3) is 14.5. The fraction of sp³-hybridized carbons (Fsp3) is 1.00. The molecule has 0 bridgehead atoms. The van der Waals surface area contributed by atoms with Gasteiger partial charge in [0.1, 0.15) is 0 Å². The van der Waals surface area contributed by atoms with Crippen molar-refractivity contribution < 1.29 is 21.6 Å². The Bertz CT molecular complexity index is 278. The number of hydrogen-bond acceptors (Lipinski definition) is 1. The van der Waals surface area contributed by atoms with Crippen LogP contribution in [0.4, 0.5) is 0 Å². The van der Waals surface area contributed by atoms with Gasteiger partial charge in [-0.25, -0.2) is 0 Å². The predicted octanol–water partition coefficient (Wildman–Crippen LogP) is 2.95. The Balaban J connectivity index is 0.00000529. The van der Waals surface area contributed by atoms with E-state index in [1.807, 2.05) is 0 Å². The highest BCUT2D eigenvalue weighted by atomic mass is 35.5. The van der Waals surface area contributed by atoms with Gasteiger partial charge < -0.3 is 21.6 Å². The second-order valence-corrected chi connectivity index (χ2v) is 8.69. The van der Waals surface area contributed by atoms with E-state index in [0.717, 1.165) is 4.48 Å². The lowest BCUT2D eigenvalue weighted by molar-refractivity contribution is -0.870. The molecule has 1 fully saturated rings. The van der Waals surface area contributed by atoms with Gasteiger partial charge in [0, 0.05) is 0 Å². The van der Waals surface area contributed by atoms with Crippen LogP contribution in [0.3, 0.4) is 0 Å². The molecule has 0 N–H and O–H groups in total. The van der Waals surface area contributed by atoms with Crippen LogP contribution in [0, 0.1) is 0 Å². The van der Waals surface area contributed by atoms with Crippen LogP contribution in [0.5, 0.6) is 0 Å². The fourth-order valence-corrected chi connectivity index (χ4v) is 3.45. The summed E-state index contributed by atoms with van der Waals surface area (Å²) in [5.41, 5.74) is 0.